The van der Waals surface area contributed by atoms with E-state index in [4.69, 9.17) is 0 Å². The van der Waals surface area contributed by atoms with Gasteiger partial charge in [-0.1, -0.05) is 13.3 Å². The second kappa shape index (κ2) is 6.59. The standard InChI is InChI=1S/C13H19NOS/c1-3-5-10-14(4-2)13(15)11-6-8-12(16)9-7-11/h6-9,16H,3-5,10H2,1-2H3. The smallest absolute Gasteiger partial charge is 0.253 e. The summed E-state index contributed by atoms with van der Waals surface area (Å²) >= 11 is 4.21. The number of hydrogen-bond donors (Lipinski definition) is 1. The maximum absolute atomic E-state index is 12.1. The molecule has 0 saturated heterocycles. The Morgan fingerprint density at radius 3 is 2.38 bits per heavy atom. The van der Waals surface area contributed by atoms with Gasteiger partial charge >= 0.3 is 0 Å². The lowest BCUT2D eigenvalue weighted by Gasteiger charge is -2.20. The van der Waals surface area contributed by atoms with E-state index in [1.54, 1.807) is 0 Å². The zero-order valence-corrected chi connectivity index (χ0v) is 10.8. The molecule has 0 aliphatic heterocycles. The first-order valence-corrected chi connectivity index (χ1v) is 6.22. The highest BCUT2D eigenvalue weighted by Gasteiger charge is 2.12. The molecule has 0 heterocycles. The van der Waals surface area contributed by atoms with Gasteiger partial charge in [-0.2, -0.15) is 0 Å². The molecule has 88 valence electrons. The van der Waals surface area contributed by atoms with Crippen LogP contribution >= 0.6 is 12.6 Å². The van der Waals surface area contributed by atoms with Gasteiger partial charge in [0.2, 0.25) is 0 Å². The van der Waals surface area contributed by atoms with E-state index in [2.05, 4.69) is 19.6 Å². The molecule has 0 unspecified atom stereocenters. The van der Waals surface area contributed by atoms with Crippen LogP contribution in [-0.4, -0.2) is 23.9 Å². The van der Waals surface area contributed by atoms with E-state index in [0.717, 1.165) is 36.4 Å². The van der Waals surface area contributed by atoms with Crippen molar-refractivity contribution in [2.24, 2.45) is 0 Å². The normalized spacial score (nSPS) is 10.2. The fourth-order valence-electron chi connectivity index (χ4n) is 1.54. The highest BCUT2D eigenvalue weighted by Crippen LogP contribution is 2.10. The molecule has 0 N–H and O–H groups in total. The second-order valence-corrected chi connectivity index (χ2v) is 4.30. The summed E-state index contributed by atoms with van der Waals surface area (Å²) in [6, 6.07) is 7.37. The molecule has 0 spiro atoms. The van der Waals surface area contributed by atoms with Crippen LogP contribution in [0.25, 0.3) is 0 Å². The zero-order valence-electron chi connectivity index (χ0n) is 9.94. The topological polar surface area (TPSA) is 20.3 Å². The predicted octanol–water partition coefficient (Wildman–Crippen LogP) is 3.24. The fraction of sp³-hybridized carbons (Fsp3) is 0.462. The molecule has 3 heteroatoms. The highest BCUT2D eigenvalue weighted by atomic mass is 32.1. The summed E-state index contributed by atoms with van der Waals surface area (Å²) < 4.78 is 0. The van der Waals surface area contributed by atoms with Crippen molar-refractivity contribution >= 4 is 18.5 Å². The molecular formula is C13H19NOS. The van der Waals surface area contributed by atoms with Crippen molar-refractivity contribution in [1.82, 2.24) is 4.90 Å². The molecule has 16 heavy (non-hydrogen) atoms. The van der Waals surface area contributed by atoms with Crippen molar-refractivity contribution in [3.63, 3.8) is 0 Å². The van der Waals surface area contributed by atoms with Gasteiger partial charge in [0.05, 0.1) is 0 Å². The van der Waals surface area contributed by atoms with Crippen LogP contribution in [0, 0.1) is 0 Å². The summed E-state index contributed by atoms with van der Waals surface area (Å²) in [6.07, 6.45) is 2.17. The number of hydrogen-bond acceptors (Lipinski definition) is 2. The van der Waals surface area contributed by atoms with Crippen molar-refractivity contribution in [2.75, 3.05) is 13.1 Å². The Hall–Kier alpha value is -0.960. The van der Waals surface area contributed by atoms with Crippen LogP contribution in [0.2, 0.25) is 0 Å². The summed E-state index contributed by atoms with van der Waals surface area (Å²) in [4.78, 5) is 14.9. The van der Waals surface area contributed by atoms with Crippen molar-refractivity contribution in [2.45, 2.75) is 31.6 Å². The molecule has 0 aromatic heterocycles. The van der Waals surface area contributed by atoms with Gasteiger partial charge in [-0.05, 0) is 37.6 Å². The number of benzene rings is 1. The van der Waals surface area contributed by atoms with Crippen LogP contribution in [0.3, 0.4) is 0 Å². The molecule has 1 rings (SSSR count). The Morgan fingerprint density at radius 2 is 1.88 bits per heavy atom. The number of amides is 1. The number of unbranched alkanes of at least 4 members (excludes halogenated alkanes) is 1. The first kappa shape index (κ1) is 13.1. The minimum absolute atomic E-state index is 0.115. The zero-order chi connectivity index (χ0) is 12.0. The molecule has 1 amide bonds. The minimum atomic E-state index is 0.115. The molecule has 0 aliphatic rings. The van der Waals surface area contributed by atoms with Crippen LogP contribution in [0.15, 0.2) is 29.2 Å². The molecule has 0 fully saturated rings. The van der Waals surface area contributed by atoms with Crippen molar-refractivity contribution in [1.29, 1.82) is 0 Å². The minimum Gasteiger partial charge on any atom is -0.339 e. The molecule has 0 bridgehead atoms. The largest absolute Gasteiger partial charge is 0.339 e. The van der Waals surface area contributed by atoms with Crippen LogP contribution < -0.4 is 0 Å². The Morgan fingerprint density at radius 1 is 1.25 bits per heavy atom. The van der Waals surface area contributed by atoms with Crippen molar-refractivity contribution in [3.05, 3.63) is 29.8 Å². The molecule has 0 radical (unpaired) electrons. The Kier molecular flexibility index (Phi) is 5.39. The Bertz CT molecular complexity index is 334. The number of rotatable bonds is 5. The third kappa shape index (κ3) is 3.56. The monoisotopic (exact) mass is 237 g/mol. The van der Waals surface area contributed by atoms with E-state index in [0.29, 0.717) is 0 Å². The maximum Gasteiger partial charge on any atom is 0.253 e. The van der Waals surface area contributed by atoms with E-state index < -0.39 is 0 Å². The second-order valence-electron chi connectivity index (χ2n) is 3.79. The lowest BCUT2D eigenvalue weighted by atomic mass is 10.2. The molecule has 2 nitrogen and oxygen atoms in total. The average Bonchev–Trinajstić information content (AvgIpc) is 2.30. The van der Waals surface area contributed by atoms with E-state index in [9.17, 15) is 4.79 Å². The van der Waals surface area contributed by atoms with Gasteiger partial charge in [0.15, 0.2) is 0 Å². The van der Waals surface area contributed by atoms with Crippen LogP contribution in [0.4, 0.5) is 0 Å². The van der Waals surface area contributed by atoms with Crippen LogP contribution in [0.5, 0.6) is 0 Å². The van der Waals surface area contributed by atoms with Crippen molar-refractivity contribution < 1.29 is 4.79 Å². The van der Waals surface area contributed by atoms with Gasteiger partial charge in [0.1, 0.15) is 0 Å². The van der Waals surface area contributed by atoms with Gasteiger partial charge in [0.25, 0.3) is 5.91 Å². The summed E-state index contributed by atoms with van der Waals surface area (Å²) in [5.41, 5.74) is 0.746. The first-order chi connectivity index (χ1) is 7.69. The Labute approximate surface area is 103 Å². The molecule has 1 aromatic rings. The average molecular weight is 237 g/mol. The van der Waals surface area contributed by atoms with Crippen LogP contribution in [0.1, 0.15) is 37.0 Å². The molecule has 0 saturated carbocycles. The third-order valence-corrected chi connectivity index (χ3v) is 2.86. The quantitative estimate of drug-likeness (QED) is 0.780. The summed E-state index contributed by atoms with van der Waals surface area (Å²) in [5, 5.41) is 0. The molecule has 1 aromatic carbocycles. The van der Waals surface area contributed by atoms with Gasteiger partial charge < -0.3 is 4.90 Å². The van der Waals surface area contributed by atoms with Gasteiger partial charge in [-0.15, -0.1) is 12.6 Å². The van der Waals surface area contributed by atoms with Gasteiger partial charge in [0, 0.05) is 23.5 Å². The molecule has 0 atom stereocenters. The van der Waals surface area contributed by atoms with Crippen LogP contribution in [-0.2, 0) is 0 Å². The van der Waals surface area contributed by atoms with E-state index >= 15 is 0 Å². The third-order valence-electron chi connectivity index (χ3n) is 2.56. The number of nitrogens with zero attached hydrogens (tertiary/aromatic N) is 1. The summed E-state index contributed by atoms with van der Waals surface area (Å²) in [7, 11) is 0. The molecular weight excluding hydrogens is 218 g/mol. The predicted molar refractivity (Wildman–Crippen MR) is 70.2 cm³/mol. The number of thiol groups is 1. The van der Waals surface area contributed by atoms with E-state index in [1.165, 1.54) is 0 Å². The van der Waals surface area contributed by atoms with E-state index in [1.807, 2.05) is 36.1 Å². The molecule has 0 aliphatic carbocycles. The summed E-state index contributed by atoms with van der Waals surface area (Å²) in [6.45, 7) is 5.75. The lowest BCUT2D eigenvalue weighted by molar-refractivity contribution is 0.0762. The van der Waals surface area contributed by atoms with Crippen molar-refractivity contribution in [3.8, 4) is 0 Å². The lowest BCUT2D eigenvalue weighted by Crippen LogP contribution is -2.31. The van der Waals surface area contributed by atoms with Gasteiger partial charge in [-0.25, -0.2) is 0 Å². The highest BCUT2D eigenvalue weighted by molar-refractivity contribution is 7.80. The fourth-order valence-corrected chi connectivity index (χ4v) is 1.69. The SMILES string of the molecule is CCCCN(CC)C(=O)c1ccc(S)cc1. The maximum atomic E-state index is 12.1. The number of carbonyl (C=O) groups is 1. The van der Waals surface area contributed by atoms with E-state index in [-0.39, 0.29) is 5.91 Å². The van der Waals surface area contributed by atoms with Gasteiger partial charge in [-0.3, -0.25) is 4.79 Å². The summed E-state index contributed by atoms with van der Waals surface area (Å²) in [5.74, 6) is 0.115. The Balaban J connectivity index is 2.70. The number of carbonyl (C=O) groups excluding carboxylic acids is 1. The first-order valence-electron chi connectivity index (χ1n) is 5.77.